The van der Waals surface area contributed by atoms with Crippen molar-refractivity contribution in [3.63, 3.8) is 0 Å². The number of nitrogens with zero attached hydrogens (tertiary/aromatic N) is 3. The average Bonchev–Trinajstić information content (AvgIpc) is 3.16. The van der Waals surface area contributed by atoms with Crippen LogP contribution in [0.4, 0.5) is 5.69 Å². The van der Waals surface area contributed by atoms with Gasteiger partial charge in [-0.3, -0.25) is 9.78 Å². The first-order chi connectivity index (χ1) is 12.7. The van der Waals surface area contributed by atoms with Crippen LogP contribution in [0.1, 0.15) is 10.4 Å². The van der Waals surface area contributed by atoms with Crippen molar-refractivity contribution in [3.05, 3.63) is 54.2 Å². The molecule has 0 bridgehead atoms. The van der Waals surface area contributed by atoms with Crippen LogP contribution in [-0.4, -0.2) is 39.9 Å². The number of esters is 1. The Morgan fingerprint density at radius 1 is 1.15 bits per heavy atom. The Kier molecular flexibility index (Phi) is 5.59. The van der Waals surface area contributed by atoms with Crippen molar-refractivity contribution >= 4 is 29.3 Å². The lowest BCUT2D eigenvalue weighted by atomic mass is 10.2. The van der Waals surface area contributed by atoms with Gasteiger partial charge in [0.1, 0.15) is 5.69 Å². The lowest BCUT2D eigenvalue weighted by Crippen LogP contribution is -2.14. The number of pyridine rings is 1. The second-order valence-corrected chi connectivity index (χ2v) is 5.92. The molecular weight excluding hydrogens is 356 g/mol. The summed E-state index contributed by atoms with van der Waals surface area (Å²) in [5.74, 6) is -0.272. The predicted octanol–water partition coefficient (Wildman–Crippen LogP) is 2.65. The van der Waals surface area contributed by atoms with Gasteiger partial charge in [0.2, 0.25) is 5.91 Å². The van der Waals surface area contributed by atoms with Crippen molar-refractivity contribution in [1.29, 1.82) is 0 Å². The summed E-state index contributed by atoms with van der Waals surface area (Å²) in [6, 6.07) is 11.8. The van der Waals surface area contributed by atoms with Crippen LogP contribution in [0.5, 0.6) is 0 Å². The van der Waals surface area contributed by atoms with Gasteiger partial charge in [-0.25, -0.2) is 4.79 Å². The SMILES string of the molecule is COC(=O)c1ccc(NC(=O)CSc2nnc(-c3ccccn3)o2)cc1. The number of nitrogens with one attached hydrogen (secondary N) is 1. The van der Waals surface area contributed by atoms with Gasteiger partial charge in [0.15, 0.2) is 0 Å². The summed E-state index contributed by atoms with van der Waals surface area (Å²) in [6.45, 7) is 0. The minimum absolute atomic E-state index is 0.0998. The fourth-order valence-corrected chi connectivity index (χ4v) is 2.56. The number of aromatic nitrogens is 3. The molecule has 8 nitrogen and oxygen atoms in total. The second kappa shape index (κ2) is 8.26. The molecule has 1 N–H and O–H groups in total. The number of carbonyl (C=O) groups excluding carboxylic acids is 2. The summed E-state index contributed by atoms with van der Waals surface area (Å²) < 4.78 is 10.1. The molecule has 0 atom stereocenters. The smallest absolute Gasteiger partial charge is 0.337 e. The Hall–Kier alpha value is -3.20. The van der Waals surface area contributed by atoms with Gasteiger partial charge in [-0.1, -0.05) is 17.8 Å². The summed E-state index contributed by atoms with van der Waals surface area (Å²) in [4.78, 5) is 27.5. The Morgan fingerprint density at radius 2 is 1.96 bits per heavy atom. The van der Waals surface area contributed by atoms with Gasteiger partial charge in [-0.15, -0.1) is 10.2 Å². The summed E-state index contributed by atoms with van der Waals surface area (Å²) in [6.07, 6.45) is 1.63. The van der Waals surface area contributed by atoms with E-state index in [1.807, 2.05) is 6.07 Å². The van der Waals surface area contributed by atoms with Crippen molar-refractivity contribution in [2.75, 3.05) is 18.2 Å². The molecule has 26 heavy (non-hydrogen) atoms. The molecule has 9 heteroatoms. The van der Waals surface area contributed by atoms with Gasteiger partial charge in [0.05, 0.1) is 18.4 Å². The van der Waals surface area contributed by atoms with Crippen LogP contribution in [0.15, 0.2) is 58.3 Å². The van der Waals surface area contributed by atoms with E-state index in [0.717, 1.165) is 11.8 Å². The molecule has 0 radical (unpaired) electrons. The van der Waals surface area contributed by atoms with E-state index in [0.29, 0.717) is 22.8 Å². The minimum atomic E-state index is -0.432. The molecule has 3 rings (SSSR count). The van der Waals surface area contributed by atoms with Crippen molar-refractivity contribution < 1.29 is 18.7 Å². The van der Waals surface area contributed by atoms with Crippen LogP contribution in [0.25, 0.3) is 11.6 Å². The molecule has 0 saturated heterocycles. The van der Waals surface area contributed by atoms with Crippen LogP contribution in [0.2, 0.25) is 0 Å². The Bertz CT molecular complexity index is 897. The van der Waals surface area contributed by atoms with Gasteiger partial charge < -0.3 is 14.5 Å². The number of anilines is 1. The highest BCUT2D eigenvalue weighted by atomic mass is 32.2. The third kappa shape index (κ3) is 4.45. The first-order valence-electron chi connectivity index (χ1n) is 7.51. The van der Waals surface area contributed by atoms with E-state index in [2.05, 4.69) is 25.2 Å². The van der Waals surface area contributed by atoms with E-state index in [4.69, 9.17) is 4.42 Å². The molecule has 0 aliphatic carbocycles. The van der Waals surface area contributed by atoms with Gasteiger partial charge in [0, 0.05) is 11.9 Å². The van der Waals surface area contributed by atoms with Crippen molar-refractivity contribution in [2.24, 2.45) is 0 Å². The molecule has 2 heterocycles. The molecule has 0 saturated carbocycles. The summed E-state index contributed by atoms with van der Waals surface area (Å²) in [5, 5.41) is 10.8. The van der Waals surface area contributed by atoms with Gasteiger partial charge >= 0.3 is 5.97 Å². The first kappa shape index (κ1) is 17.6. The van der Waals surface area contributed by atoms with Crippen molar-refractivity contribution in [1.82, 2.24) is 15.2 Å². The lowest BCUT2D eigenvalue weighted by Gasteiger charge is -2.05. The van der Waals surface area contributed by atoms with Gasteiger partial charge in [-0.05, 0) is 36.4 Å². The molecule has 2 aromatic heterocycles. The largest absolute Gasteiger partial charge is 0.465 e. The van der Waals surface area contributed by atoms with E-state index < -0.39 is 5.97 Å². The summed E-state index contributed by atoms with van der Waals surface area (Å²) in [5.41, 5.74) is 1.55. The fraction of sp³-hybridized carbons (Fsp3) is 0.118. The van der Waals surface area contributed by atoms with Crippen LogP contribution in [0, 0.1) is 0 Å². The summed E-state index contributed by atoms with van der Waals surface area (Å²) >= 11 is 1.12. The molecule has 3 aromatic rings. The maximum atomic E-state index is 12.0. The molecule has 0 unspecified atom stereocenters. The number of benzene rings is 1. The van der Waals surface area contributed by atoms with Crippen molar-refractivity contribution in [2.45, 2.75) is 5.22 Å². The first-order valence-corrected chi connectivity index (χ1v) is 8.50. The highest BCUT2D eigenvalue weighted by Gasteiger charge is 2.12. The normalized spacial score (nSPS) is 10.3. The Morgan fingerprint density at radius 3 is 2.65 bits per heavy atom. The number of hydrogen-bond acceptors (Lipinski definition) is 8. The molecular formula is C17H14N4O4S. The molecule has 0 fully saturated rings. The molecule has 0 aliphatic heterocycles. The van der Waals surface area contributed by atoms with Crippen molar-refractivity contribution in [3.8, 4) is 11.6 Å². The van der Waals surface area contributed by atoms with Crippen LogP contribution in [-0.2, 0) is 9.53 Å². The number of amides is 1. The third-order valence-corrected chi connectivity index (χ3v) is 4.03. The maximum Gasteiger partial charge on any atom is 0.337 e. The fourth-order valence-electron chi connectivity index (χ4n) is 1.99. The zero-order chi connectivity index (χ0) is 18.4. The Labute approximate surface area is 153 Å². The van der Waals surface area contributed by atoms with Gasteiger partial charge in [0.25, 0.3) is 11.1 Å². The molecule has 0 aliphatic rings. The topological polar surface area (TPSA) is 107 Å². The predicted molar refractivity (Wildman–Crippen MR) is 94.7 cm³/mol. The quantitative estimate of drug-likeness (QED) is 0.521. The zero-order valence-corrected chi connectivity index (χ0v) is 14.5. The molecule has 0 spiro atoms. The third-order valence-electron chi connectivity index (χ3n) is 3.21. The highest BCUT2D eigenvalue weighted by Crippen LogP contribution is 2.21. The standard InChI is InChI=1S/C17H14N4O4S/c1-24-16(23)11-5-7-12(8-6-11)19-14(22)10-26-17-21-20-15(25-17)13-4-2-3-9-18-13/h2-9H,10H2,1H3,(H,19,22). The number of hydrogen-bond donors (Lipinski definition) is 1. The average molecular weight is 370 g/mol. The molecule has 132 valence electrons. The number of rotatable bonds is 6. The van der Waals surface area contributed by atoms with E-state index in [-0.39, 0.29) is 16.9 Å². The van der Waals surface area contributed by atoms with Gasteiger partial charge in [-0.2, -0.15) is 0 Å². The highest BCUT2D eigenvalue weighted by molar-refractivity contribution is 7.99. The summed E-state index contributed by atoms with van der Waals surface area (Å²) in [7, 11) is 1.31. The molecule has 1 amide bonds. The number of carbonyl (C=O) groups is 2. The van der Waals surface area contributed by atoms with Crippen LogP contribution in [0.3, 0.4) is 0 Å². The number of methoxy groups -OCH3 is 1. The van der Waals surface area contributed by atoms with E-state index in [9.17, 15) is 9.59 Å². The number of thioether (sulfide) groups is 1. The molecule has 1 aromatic carbocycles. The second-order valence-electron chi connectivity index (χ2n) is 4.99. The van der Waals surface area contributed by atoms with E-state index in [1.54, 1.807) is 42.6 Å². The van der Waals surface area contributed by atoms with Crippen LogP contribution < -0.4 is 5.32 Å². The monoisotopic (exact) mass is 370 g/mol. The Balaban J connectivity index is 1.53. The number of ether oxygens (including phenoxy) is 1. The maximum absolute atomic E-state index is 12.0. The minimum Gasteiger partial charge on any atom is -0.465 e. The van der Waals surface area contributed by atoms with E-state index in [1.165, 1.54) is 7.11 Å². The lowest BCUT2D eigenvalue weighted by molar-refractivity contribution is -0.113. The van der Waals surface area contributed by atoms with E-state index >= 15 is 0 Å². The van der Waals surface area contributed by atoms with Crippen LogP contribution >= 0.6 is 11.8 Å². The zero-order valence-electron chi connectivity index (χ0n) is 13.7.